The van der Waals surface area contributed by atoms with Gasteiger partial charge in [-0.15, -0.1) is 0 Å². The van der Waals surface area contributed by atoms with Crippen molar-refractivity contribution >= 4 is 20.2 Å². The van der Waals surface area contributed by atoms with E-state index in [9.17, 15) is 36.2 Å². The second-order valence-electron chi connectivity index (χ2n) is 6.95. The average molecular weight is 488 g/mol. The van der Waals surface area contributed by atoms with Crippen molar-refractivity contribution in [3.8, 4) is 11.5 Å². The fourth-order valence-corrected chi connectivity index (χ4v) is 5.08. The summed E-state index contributed by atoms with van der Waals surface area (Å²) in [4.78, 5) is 0. The van der Waals surface area contributed by atoms with E-state index in [-0.39, 0.29) is 83.5 Å². The molecule has 0 aliphatic carbocycles. The van der Waals surface area contributed by atoms with Crippen molar-refractivity contribution in [2.75, 3.05) is 11.5 Å². The number of phenols is 2. The van der Waals surface area contributed by atoms with Gasteiger partial charge in [-0.3, -0.25) is 0 Å². The van der Waals surface area contributed by atoms with Crippen LogP contribution in [-0.4, -0.2) is 47.7 Å². The summed E-state index contributed by atoms with van der Waals surface area (Å²) in [5.41, 5.74) is -0.299. The number of benzene rings is 2. The molecule has 2 rings (SSSR count). The van der Waals surface area contributed by atoms with Crippen LogP contribution in [0.1, 0.15) is 36.8 Å². The second kappa shape index (κ2) is 12.9. The van der Waals surface area contributed by atoms with Gasteiger partial charge in [-0.1, -0.05) is 37.1 Å². The van der Waals surface area contributed by atoms with Crippen molar-refractivity contribution in [2.45, 2.75) is 31.1 Å². The summed E-state index contributed by atoms with van der Waals surface area (Å²) < 4.78 is 67.6. The molecule has 0 heterocycles. The van der Waals surface area contributed by atoms with Crippen LogP contribution in [0.5, 0.6) is 11.5 Å². The smallest absolute Gasteiger partial charge is 0.748 e. The second-order valence-corrected chi connectivity index (χ2v) is 9.88. The fraction of sp³-hybridized carbons (Fsp3) is 0.368. The molecule has 0 bridgehead atoms. The Labute approximate surface area is 227 Å². The van der Waals surface area contributed by atoms with Crippen LogP contribution in [0.2, 0.25) is 0 Å². The van der Waals surface area contributed by atoms with Crippen LogP contribution in [0.25, 0.3) is 0 Å². The van der Waals surface area contributed by atoms with Crippen LogP contribution in [-0.2, 0) is 25.7 Å². The van der Waals surface area contributed by atoms with Gasteiger partial charge in [-0.2, -0.15) is 0 Å². The van der Waals surface area contributed by atoms with E-state index in [1.165, 1.54) is 48.5 Å². The third-order valence-corrected chi connectivity index (χ3v) is 6.40. The number of hydrogen-bond donors (Lipinski definition) is 2. The van der Waals surface area contributed by atoms with E-state index in [4.69, 9.17) is 0 Å². The van der Waals surface area contributed by atoms with Crippen LogP contribution in [0.15, 0.2) is 48.5 Å². The van der Waals surface area contributed by atoms with Gasteiger partial charge in [0.05, 0.1) is 26.0 Å². The summed E-state index contributed by atoms with van der Waals surface area (Å²) in [5.74, 6) is -1.33. The number of phenolic OH excluding ortho intramolecular Hbond substituents is 2. The van der Waals surface area contributed by atoms with E-state index < -0.39 is 37.2 Å². The summed E-state index contributed by atoms with van der Waals surface area (Å²) in [6.07, 6.45) is 1.01. The molecule has 160 valence electrons. The monoisotopic (exact) mass is 488 g/mol. The molecule has 0 aliphatic heterocycles. The normalized spacial score (nSPS) is 11.9. The molecule has 31 heavy (non-hydrogen) atoms. The molecule has 8 nitrogen and oxygen atoms in total. The van der Waals surface area contributed by atoms with Crippen molar-refractivity contribution < 1.29 is 95.3 Å². The van der Waals surface area contributed by atoms with Gasteiger partial charge < -0.3 is 19.3 Å². The summed E-state index contributed by atoms with van der Waals surface area (Å²) in [5, 5.41) is 19.2. The molecule has 0 saturated heterocycles. The van der Waals surface area contributed by atoms with Crippen LogP contribution >= 0.6 is 0 Å². The molecule has 12 heteroatoms. The van der Waals surface area contributed by atoms with Gasteiger partial charge in [0, 0.05) is 11.2 Å². The minimum Gasteiger partial charge on any atom is -0.748 e. The standard InChI is InChI=1S/C19H24O8S2.2Na/c20-17-8-4-15(5-9-17)19(14-29(25,26)27,16-6-10-18(21)11-7-16)12-2-1-3-13-28(22,23)24;;/h4-11,20-21H,1-3,12-14H2,(H,22,23,24)(H,25,26,27);;/q;2*+1/p-2. The van der Waals surface area contributed by atoms with E-state index >= 15 is 0 Å². The first-order valence-corrected chi connectivity index (χ1v) is 12.0. The predicted molar refractivity (Wildman–Crippen MR) is 105 cm³/mol. The molecule has 0 amide bonds. The van der Waals surface area contributed by atoms with Crippen molar-refractivity contribution in [2.24, 2.45) is 0 Å². The summed E-state index contributed by atoms with van der Waals surface area (Å²) in [6.45, 7) is 0. The van der Waals surface area contributed by atoms with Crippen LogP contribution in [0.4, 0.5) is 0 Å². The largest absolute Gasteiger partial charge is 1.00 e. The van der Waals surface area contributed by atoms with E-state index in [0.29, 0.717) is 24.0 Å². The fourth-order valence-electron chi connectivity index (χ4n) is 3.44. The zero-order valence-electron chi connectivity index (χ0n) is 17.5. The van der Waals surface area contributed by atoms with Gasteiger partial charge in [0.15, 0.2) is 0 Å². The molecule has 0 aliphatic rings. The zero-order chi connectivity index (χ0) is 21.7. The van der Waals surface area contributed by atoms with Gasteiger partial charge >= 0.3 is 59.1 Å². The summed E-state index contributed by atoms with van der Waals surface area (Å²) in [7, 11) is -9.02. The Kier molecular flexibility index (Phi) is 12.9. The number of aromatic hydroxyl groups is 2. The van der Waals surface area contributed by atoms with Crippen LogP contribution in [0, 0.1) is 0 Å². The van der Waals surface area contributed by atoms with Crippen LogP contribution < -0.4 is 59.1 Å². The molecule has 0 unspecified atom stereocenters. The van der Waals surface area contributed by atoms with E-state index in [1.807, 2.05) is 0 Å². The number of rotatable bonds is 10. The number of hydrogen-bond acceptors (Lipinski definition) is 8. The molecule has 2 N–H and O–H groups in total. The molecule has 0 spiro atoms. The Morgan fingerprint density at radius 3 is 1.45 bits per heavy atom. The Bertz CT molecular complexity index is 976. The molecule has 0 radical (unpaired) electrons. The zero-order valence-corrected chi connectivity index (χ0v) is 23.2. The molecule has 2 aromatic rings. The topological polar surface area (TPSA) is 155 Å². The molecule has 0 aromatic heterocycles. The molecule has 2 aromatic carbocycles. The first kappa shape index (κ1) is 30.9. The molecule has 0 atom stereocenters. The Morgan fingerprint density at radius 1 is 0.677 bits per heavy atom. The maximum absolute atomic E-state index is 11.8. The number of unbranched alkanes of at least 4 members (excludes halogenated alkanes) is 2. The quantitative estimate of drug-likeness (QED) is 0.195. The van der Waals surface area contributed by atoms with Crippen molar-refractivity contribution in [3.05, 3.63) is 59.7 Å². The van der Waals surface area contributed by atoms with Gasteiger partial charge in [0.1, 0.15) is 11.5 Å². The first-order chi connectivity index (χ1) is 13.4. The molecular formula is C19H22Na2O8S2. The SMILES string of the molecule is O=S(=O)([O-])CCCCCC(CS(=O)(=O)[O-])(c1ccc(O)cc1)c1ccc(O)cc1.[Na+].[Na+]. The van der Waals surface area contributed by atoms with Crippen molar-refractivity contribution in [1.82, 2.24) is 0 Å². The Balaban J connectivity index is 0.00000450. The minimum absolute atomic E-state index is 0. The van der Waals surface area contributed by atoms with Crippen molar-refractivity contribution in [3.63, 3.8) is 0 Å². The predicted octanol–water partition coefficient (Wildman–Crippen LogP) is -3.96. The van der Waals surface area contributed by atoms with E-state index in [2.05, 4.69) is 0 Å². The van der Waals surface area contributed by atoms with Crippen LogP contribution in [0.3, 0.4) is 0 Å². The van der Waals surface area contributed by atoms with Gasteiger partial charge in [0.2, 0.25) is 0 Å². The maximum atomic E-state index is 11.8. The first-order valence-electron chi connectivity index (χ1n) is 8.87. The molecular weight excluding hydrogens is 466 g/mol. The van der Waals surface area contributed by atoms with E-state index in [0.717, 1.165) is 0 Å². The average Bonchev–Trinajstić information content (AvgIpc) is 2.59. The maximum Gasteiger partial charge on any atom is 1.00 e. The Morgan fingerprint density at radius 2 is 1.10 bits per heavy atom. The van der Waals surface area contributed by atoms with E-state index in [1.54, 1.807) is 0 Å². The Hall–Kier alpha value is -0.140. The van der Waals surface area contributed by atoms with Crippen molar-refractivity contribution in [1.29, 1.82) is 0 Å². The molecule has 0 fully saturated rings. The van der Waals surface area contributed by atoms with Gasteiger partial charge in [-0.25, -0.2) is 16.8 Å². The van der Waals surface area contributed by atoms with Gasteiger partial charge in [-0.05, 0) is 48.2 Å². The third kappa shape index (κ3) is 10.1. The third-order valence-electron chi connectivity index (χ3n) is 4.76. The summed E-state index contributed by atoms with van der Waals surface area (Å²) >= 11 is 0. The molecule has 0 saturated carbocycles. The summed E-state index contributed by atoms with van der Waals surface area (Å²) in [6, 6.07) is 11.6. The van der Waals surface area contributed by atoms with Gasteiger partial charge in [0.25, 0.3) is 0 Å². The minimum atomic E-state index is -4.69.